The molecule has 0 saturated carbocycles. The topological polar surface area (TPSA) is 44.1 Å². The van der Waals surface area contributed by atoms with Gasteiger partial charge in [0.1, 0.15) is 0 Å². The summed E-state index contributed by atoms with van der Waals surface area (Å²) in [6.07, 6.45) is 2.25. The Morgan fingerprint density at radius 2 is 1.90 bits per heavy atom. The van der Waals surface area contributed by atoms with Crippen molar-refractivity contribution in [3.8, 4) is 6.07 Å². The number of nitriles is 1. The highest BCUT2D eigenvalue weighted by molar-refractivity contribution is 6.07. The molecule has 3 rings (SSSR count). The van der Waals surface area contributed by atoms with Gasteiger partial charge in [0.05, 0.1) is 12.5 Å². The van der Waals surface area contributed by atoms with Gasteiger partial charge >= 0.3 is 0 Å². The van der Waals surface area contributed by atoms with Crippen molar-refractivity contribution in [2.24, 2.45) is 0 Å². The number of nitrogens with zero attached hydrogens (tertiary/aromatic N) is 2. The molecule has 0 aromatic heterocycles. The molecule has 0 N–H and O–H groups in total. The monoisotopic (exact) mass is 276 g/mol. The molecule has 2 aromatic carbocycles. The van der Waals surface area contributed by atoms with Crippen molar-refractivity contribution in [3.63, 3.8) is 0 Å². The van der Waals surface area contributed by atoms with E-state index in [9.17, 15) is 4.79 Å². The molecule has 2 aromatic rings. The Morgan fingerprint density at radius 1 is 1.14 bits per heavy atom. The third-order valence-corrected chi connectivity index (χ3v) is 3.87. The van der Waals surface area contributed by atoms with Crippen molar-refractivity contribution in [2.75, 3.05) is 11.4 Å². The van der Waals surface area contributed by atoms with Gasteiger partial charge in [0.15, 0.2) is 0 Å². The number of hydrogen-bond acceptors (Lipinski definition) is 2. The number of amides is 1. The Balaban J connectivity index is 1.99. The maximum absolute atomic E-state index is 12.9. The lowest BCUT2D eigenvalue weighted by atomic mass is 9.99. The quantitative estimate of drug-likeness (QED) is 0.844. The van der Waals surface area contributed by atoms with Gasteiger partial charge in [-0.2, -0.15) is 5.26 Å². The minimum absolute atomic E-state index is 0.00648. The molecule has 104 valence electrons. The fourth-order valence-electron chi connectivity index (χ4n) is 2.86. The van der Waals surface area contributed by atoms with Crippen molar-refractivity contribution >= 4 is 11.6 Å². The summed E-state index contributed by atoms with van der Waals surface area (Å²) in [6, 6.07) is 17.6. The van der Waals surface area contributed by atoms with Crippen LogP contribution in [-0.4, -0.2) is 12.5 Å². The van der Waals surface area contributed by atoms with E-state index in [1.807, 2.05) is 47.4 Å². The molecular weight excluding hydrogens is 260 g/mol. The largest absolute Gasteiger partial charge is 0.308 e. The van der Waals surface area contributed by atoms with Crippen molar-refractivity contribution in [3.05, 3.63) is 65.2 Å². The van der Waals surface area contributed by atoms with E-state index in [0.29, 0.717) is 5.56 Å². The number of fused-ring (bicyclic) bond motifs is 1. The van der Waals surface area contributed by atoms with Crippen LogP contribution in [0, 0.1) is 11.3 Å². The van der Waals surface area contributed by atoms with Crippen LogP contribution in [-0.2, 0) is 12.8 Å². The Kier molecular flexibility index (Phi) is 3.70. The number of anilines is 1. The van der Waals surface area contributed by atoms with Gasteiger partial charge in [0.25, 0.3) is 5.91 Å². The predicted octanol–water partition coefficient (Wildman–Crippen LogP) is 3.35. The minimum atomic E-state index is -0.00648. The third-order valence-electron chi connectivity index (χ3n) is 3.87. The Bertz CT molecular complexity index is 715. The van der Waals surface area contributed by atoms with E-state index in [2.05, 4.69) is 12.1 Å². The Morgan fingerprint density at radius 3 is 2.76 bits per heavy atom. The normalized spacial score (nSPS) is 13.4. The standard InChI is InChI=1S/C18H16N2O/c19-12-11-14-6-1-3-9-16(14)18(21)20-13-5-8-15-7-2-4-10-17(15)20/h1-4,6-7,9-10H,5,8,11,13H2. The smallest absolute Gasteiger partial charge is 0.258 e. The van der Waals surface area contributed by atoms with Gasteiger partial charge in [-0.05, 0) is 36.1 Å². The second-order valence-electron chi connectivity index (χ2n) is 5.18. The van der Waals surface area contributed by atoms with E-state index in [1.54, 1.807) is 0 Å². The SMILES string of the molecule is N#CCc1ccccc1C(=O)N1CCCc2ccccc21. The lowest BCUT2D eigenvalue weighted by Gasteiger charge is -2.30. The second-order valence-corrected chi connectivity index (χ2v) is 5.18. The average Bonchev–Trinajstić information content (AvgIpc) is 2.54. The highest BCUT2D eigenvalue weighted by atomic mass is 16.2. The molecule has 1 amide bonds. The van der Waals surface area contributed by atoms with Gasteiger partial charge in [-0.3, -0.25) is 4.79 Å². The average molecular weight is 276 g/mol. The Hall–Kier alpha value is -2.60. The predicted molar refractivity (Wildman–Crippen MR) is 82.2 cm³/mol. The van der Waals surface area contributed by atoms with Crippen LogP contribution >= 0.6 is 0 Å². The van der Waals surface area contributed by atoms with Gasteiger partial charge in [0.2, 0.25) is 0 Å². The maximum Gasteiger partial charge on any atom is 0.258 e. The minimum Gasteiger partial charge on any atom is -0.308 e. The van der Waals surface area contributed by atoms with Crippen molar-refractivity contribution in [1.29, 1.82) is 5.26 Å². The fourth-order valence-corrected chi connectivity index (χ4v) is 2.86. The number of carbonyl (C=O) groups is 1. The summed E-state index contributed by atoms with van der Waals surface area (Å²) in [5.74, 6) is -0.00648. The first-order valence-corrected chi connectivity index (χ1v) is 7.16. The zero-order valence-corrected chi connectivity index (χ0v) is 11.7. The maximum atomic E-state index is 12.9. The van der Waals surface area contributed by atoms with Crippen LogP contribution in [0.25, 0.3) is 0 Å². The van der Waals surface area contributed by atoms with E-state index in [0.717, 1.165) is 30.6 Å². The number of benzene rings is 2. The van der Waals surface area contributed by atoms with Crippen LogP contribution in [0.1, 0.15) is 27.9 Å². The molecule has 21 heavy (non-hydrogen) atoms. The van der Waals surface area contributed by atoms with E-state index < -0.39 is 0 Å². The lowest BCUT2D eigenvalue weighted by molar-refractivity contribution is 0.0984. The highest BCUT2D eigenvalue weighted by Gasteiger charge is 2.24. The number of para-hydroxylation sites is 1. The number of rotatable bonds is 2. The van der Waals surface area contributed by atoms with Crippen LogP contribution in [0.4, 0.5) is 5.69 Å². The molecule has 1 heterocycles. The van der Waals surface area contributed by atoms with Gasteiger partial charge in [0, 0.05) is 17.8 Å². The van der Waals surface area contributed by atoms with E-state index in [4.69, 9.17) is 5.26 Å². The van der Waals surface area contributed by atoms with Gasteiger partial charge in [-0.15, -0.1) is 0 Å². The van der Waals surface area contributed by atoms with Crippen LogP contribution in [0.15, 0.2) is 48.5 Å². The number of aryl methyl sites for hydroxylation is 1. The van der Waals surface area contributed by atoms with Crippen LogP contribution < -0.4 is 4.90 Å². The van der Waals surface area contributed by atoms with Gasteiger partial charge < -0.3 is 4.90 Å². The summed E-state index contributed by atoms with van der Waals surface area (Å²) in [5, 5.41) is 8.92. The third kappa shape index (κ3) is 2.53. The summed E-state index contributed by atoms with van der Waals surface area (Å²) < 4.78 is 0. The number of hydrogen-bond donors (Lipinski definition) is 0. The van der Waals surface area contributed by atoms with E-state index >= 15 is 0 Å². The first kappa shape index (κ1) is 13.4. The summed E-state index contributed by atoms with van der Waals surface area (Å²) in [7, 11) is 0. The zero-order chi connectivity index (χ0) is 14.7. The summed E-state index contributed by atoms with van der Waals surface area (Å²) in [6.45, 7) is 0.733. The van der Waals surface area contributed by atoms with Crippen LogP contribution in [0.5, 0.6) is 0 Å². The molecule has 0 aliphatic carbocycles. The van der Waals surface area contributed by atoms with Crippen molar-refractivity contribution < 1.29 is 4.79 Å². The summed E-state index contributed by atoms with van der Waals surface area (Å²) in [4.78, 5) is 14.7. The molecule has 0 bridgehead atoms. The fraction of sp³-hybridized carbons (Fsp3) is 0.222. The molecule has 3 nitrogen and oxygen atoms in total. The first-order valence-electron chi connectivity index (χ1n) is 7.16. The second kappa shape index (κ2) is 5.80. The number of carbonyl (C=O) groups excluding carboxylic acids is 1. The molecule has 0 atom stereocenters. The molecule has 0 radical (unpaired) electrons. The summed E-state index contributed by atoms with van der Waals surface area (Å²) in [5.41, 5.74) is 3.65. The molecule has 3 heteroatoms. The molecular formula is C18H16N2O. The van der Waals surface area contributed by atoms with Crippen LogP contribution in [0.2, 0.25) is 0 Å². The van der Waals surface area contributed by atoms with Crippen molar-refractivity contribution in [2.45, 2.75) is 19.3 Å². The summed E-state index contributed by atoms with van der Waals surface area (Å²) >= 11 is 0. The molecule has 1 aliphatic rings. The lowest BCUT2D eigenvalue weighted by Crippen LogP contribution is -2.35. The molecule has 0 fully saturated rings. The van der Waals surface area contributed by atoms with Gasteiger partial charge in [-0.25, -0.2) is 0 Å². The van der Waals surface area contributed by atoms with E-state index in [-0.39, 0.29) is 12.3 Å². The van der Waals surface area contributed by atoms with Crippen LogP contribution in [0.3, 0.4) is 0 Å². The molecule has 1 aliphatic heterocycles. The zero-order valence-electron chi connectivity index (χ0n) is 11.7. The molecule has 0 saturated heterocycles. The Labute approximate surface area is 124 Å². The highest BCUT2D eigenvalue weighted by Crippen LogP contribution is 2.28. The van der Waals surface area contributed by atoms with E-state index in [1.165, 1.54) is 5.56 Å². The van der Waals surface area contributed by atoms with Crippen molar-refractivity contribution in [1.82, 2.24) is 0 Å². The van der Waals surface area contributed by atoms with Gasteiger partial charge in [-0.1, -0.05) is 36.4 Å². The molecule has 0 unspecified atom stereocenters. The molecule has 0 spiro atoms. The first-order chi connectivity index (χ1) is 10.3.